The number of carbonyl (C=O) groups excluding carboxylic acids is 1. The molecule has 0 spiro atoms. The second-order valence-electron chi connectivity index (χ2n) is 5.13. The molecule has 0 saturated carbocycles. The maximum Gasteiger partial charge on any atom is 0.220 e. The van der Waals surface area contributed by atoms with Crippen molar-refractivity contribution in [3.63, 3.8) is 0 Å². The van der Waals surface area contributed by atoms with Gasteiger partial charge in [0.2, 0.25) is 5.91 Å². The van der Waals surface area contributed by atoms with Crippen LogP contribution >= 0.6 is 11.8 Å². The van der Waals surface area contributed by atoms with Crippen molar-refractivity contribution in [1.29, 1.82) is 0 Å². The summed E-state index contributed by atoms with van der Waals surface area (Å²) in [5.74, 6) is 2.85. The molecule has 116 valence electrons. The first-order valence-corrected chi connectivity index (χ1v) is 8.75. The lowest BCUT2D eigenvalue weighted by molar-refractivity contribution is -0.121. The van der Waals surface area contributed by atoms with E-state index >= 15 is 0 Å². The minimum Gasteiger partial charge on any atom is -0.359 e. The summed E-state index contributed by atoms with van der Waals surface area (Å²) in [6.45, 7) is 2.96. The molecule has 6 heteroatoms. The van der Waals surface area contributed by atoms with Gasteiger partial charge >= 0.3 is 0 Å². The number of rotatable bonds is 6. The number of hydrogen-bond acceptors (Lipinski definition) is 3. The van der Waals surface area contributed by atoms with Crippen LogP contribution in [0.25, 0.3) is 0 Å². The topological polar surface area (TPSA) is 56.7 Å². The number of guanidine groups is 1. The monoisotopic (exact) mass is 300 g/mol. The Bertz CT molecular complexity index is 314. The van der Waals surface area contributed by atoms with E-state index in [4.69, 9.17) is 0 Å². The molecule has 1 saturated heterocycles. The highest BCUT2D eigenvalue weighted by Gasteiger charge is 2.22. The van der Waals surface area contributed by atoms with Gasteiger partial charge in [-0.15, -0.1) is 0 Å². The molecule has 0 aromatic carbocycles. The van der Waals surface area contributed by atoms with Crippen LogP contribution in [0.5, 0.6) is 0 Å². The van der Waals surface area contributed by atoms with Crippen LogP contribution in [0.1, 0.15) is 25.7 Å². The van der Waals surface area contributed by atoms with Crippen molar-refractivity contribution in [2.75, 3.05) is 45.7 Å². The molecule has 1 heterocycles. The fourth-order valence-corrected chi connectivity index (χ4v) is 2.90. The van der Waals surface area contributed by atoms with E-state index < -0.39 is 0 Å². The van der Waals surface area contributed by atoms with Crippen LogP contribution in [0.2, 0.25) is 0 Å². The highest BCUT2D eigenvalue weighted by molar-refractivity contribution is 7.98. The van der Waals surface area contributed by atoms with Crippen LogP contribution in [-0.4, -0.2) is 62.5 Å². The van der Waals surface area contributed by atoms with Crippen molar-refractivity contribution >= 4 is 23.6 Å². The van der Waals surface area contributed by atoms with Crippen LogP contribution in [0.4, 0.5) is 0 Å². The quantitative estimate of drug-likeness (QED) is 0.439. The molecule has 0 aliphatic carbocycles. The highest BCUT2D eigenvalue weighted by atomic mass is 32.2. The zero-order valence-corrected chi connectivity index (χ0v) is 13.8. The lowest BCUT2D eigenvalue weighted by Crippen LogP contribution is -2.46. The molecule has 0 bridgehead atoms. The highest BCUT2D eigenvalue weighted by Crippen LogP contribution is 2.20. The molecule has 1 aliphatic rings. The number of likely N-dealkylation sites (tertiary alicyclic amines) is 1. The first-order valence-electron chi connectivity index (χ1n) is 7.36. The molecule has 5 nitrogen and oxygen atoms in total. The number of hydrogen-bond donors (Lipinski definition) is 2. The summed E-state index contributed by atoms with van der Waals surface area (Å²) in [6.07, 6.45) is 6.08. The maximum atomic E-state index is 11.4. The molecular weight excluding hydrogens is 272 g/mol. The Hall–Kier alpha value is -0.910. The molecule has 0 aromatic rings. The van der Waals surface area contributed by atoms with Crippen LogP contribution in [-0.2, 0) is 4.79 Å². The third-order valence-corrected chi connectivity index (χ3v) is 4.38. The summed E-state index contributed by atoms with van der Waals surface area (Å²) in [7, 11) is 3.55. The van der Waals surface area contributed by atoms with Crippen LogP contribution in [0, 0.1) is 5.92 Å². The van der Waals surface area contributed by atoms with E-state index in [0.717, 1.165) is 44.9 Å². The predicted octanol–water partition coefficient (Wildman–Crippen LogP) is 1.16. The van der Waals surface area contributed by atoms with Gasteiger partial charge in [0.15, 0.2) is 5.96 Å². The minimum absolute atomic E-state index is 0.156. The average Bonchev–Trinajstić information content (AvgIpc) is 2.48. The lowest BCUT2D eigenvalue weighted by Gasteiger charge is -2.34. The van der Waals surface area contributed by atoms with Crippen molar-refractivity contribution in [1.82, 2.24) is 15.5 Å². The van der Waals surface area contributed by atoms with Gasteiger partial charge in [-0.25, -0.2) is 0 Å². The smallest absolute Gasteiger partial charge is 0.220 e. The molecule has 1 amide bonds. The standard InChI is InChI=1S/C14H28N4OS/c1-15-13(19)11-12-5-8-18(9-6-12)14(16-2)17-7-4-10-20-3/h12H,4-11H2,1-3H3,(H,15,19)(H,16,17). The number of amides is 1. The summed E-state index contributed by atoms with van der Waals surface area (Å²) in [4.78, 5) is 18.1. The predicted molar refractivity (Wildman–Crippen MR) is 87.3 cm³/mol. The molecule has 0 unspecified atom stereocenters. The Labute approximate surface area is 127 Å². The van der Waals surface area contributed by atoms with Gasteiger partial charge in [0.1, 0.15) is 0 Å². The minimum atomic E-state index is 0.156. The van der Waals surface area contributed by atoms with E-state index in [0.29, 0.717) is 12.3 Å². The fraction of sp³-hybridized carbons (Fsp3) is 0.857. The van der Waals surface area contributed by atoms with Gasteiger partial charge in [0.05, 0.1) is 0 Å². The van der Waals surface area contributed by atoms with Crippen LogP contribution < -0.4 is 10.6 Å². The average molecular weight is 300 g/mol. The second-order valence-corrected chi connectivity index (χ2v) is 6.11. The van der Waals surface area contributed by atoms with Gasteiger partial charge in [-0.1, -0.05) is 0 Å². The molecule has 0 atom stereocenters. The van der Waals surface area contributed by atoms with Crippen LogP contribution in [0.3, 0.4) is 0 Å². The molecule has 1 aliphatic heterocycles. The van der Waals surface area contributed by atoms with Gasteiger partial charge < -0.3 is 15.5 Å². The fourth-order valence-electron chi connectivity index (χ4n) is 2.46. The first kappa shape index (κ1) is 17.1. The SMILES string of the molecule is CN=C(NCCCSC)N1CCC(CC(=O)NC)CC1. The summed E-state index contributed by atoms with van der Waals surface area (Å²) < 4.78 is 0. The number of thioether (sulfide) groups is 1. The van der Waals surface area contributed by atoms with Gasteiger partial charge in [0, 0.05) is 40.2 Å². The van der Waals surface area contributed by atoms with Gasteiger partial charge in [-0.3, -0.25) is 9.79 Å². The summed E-state index contributed by atoms with van der Waals surface area (Å²) in [5, 5.41) is 6.13. The Morgan fingerprint density at radius 1 is 1.40 bits per heavy atom. The van der Waals surface area contributed by atoms with Crippen molar-refractivity contribution < 1.29 is 4.79 Å². The van der Waals surface area contributed by atoms with E-state index in [1.54, 1.807) is 7.05 Å². The largest absolute Gasteiger partial charge is 0.359 e. The first-order chi connectivity index (χ1) is 9.71. The normalized spacial score (nSPS) is 17.1. The number of nitrogens with zero attached hydrogens (tertiary/aromatic N) is 2. The molecule has 1 rings (SSSR count). The summed E-state index contributed by atoms with van der Waals surface area (Å²) in [5.41, 5.74) is 0. The molecular formula is C14H28N4OS. The Morgan fingerprint density at radius 3 is 2.65 bits per heavy atom. The number of carbonyl (C=O) groups is 1. The maximum absolute atomic E-state index is 11.4. The van der Waals surface area contributed by atoms with Gasteiger partial charge in [-0.2, -0.15) is 11.8 Å². The molecule has 2 N–H and O–H groups in total. The summed E-state index contributed by atoms with van der Waals surface area (Å²) >= 11 is 1.87. The van der Waals surface area contributed by atoms with Gasteiger partial charge in [0.25, 0.3) is 0 Å². The molecule has 20 heavy (non-hydrogen) atoms. The van der Waals surface area contributed by atoms with Crippen molar-refractivity contribution in [2.24, 2.45) is 10.9 Å². The number of aliphatic imine (C=N–C) groups is 1. The molecule has 1 fully saturated rings. The molecule has 0 aromatic heterocycles. The third kappa shape index (κ3) is 6.03. The summed E-state index contributed by atoms with van der Waals surface area (Å²) in [6, 6.07) is 0. The van der Waals surface area contributed by atoms with Crippen molar-refractivity contribution in [2.45, 2.75) is 25.7 Å². The van der Waals surface area contributed by atoms with E-state index in [1.165, 1.54) is 5.75 Å². The van der Waals surface area contributed by atoms with Crippen molar-refractivity contribution in [3.8, 4) is 0 Å². The van der Waals surface area contributed by atoms with Gasteiger partial charge in [-0.05, 0) is 37.2 Å². The Balaban J connectivity index is 2.29. The Kier molecular flexibility index (Phi) is 8.49. The lowest BCUT2D eigenvalue weighted by atomic mass is 9.93. The van der Waals surface area contributed by atoms with Crippen molar-refractivity contribution in [3.05, 3.63) is 0 Å². The number of nitrogens with one attached hydrogen (secondary N) is 2. The van der Waals surface area contributed by atoms with E-state index in [9.17, 15) is 4.79 Å². The van der Waals surface area contributed by atoms with Crippen LogP contribution in [0.15, 0.2) is 4.99 Å². The molecule has 0 radical (unpaired) electrons. The van der Waals surface area contributed by atoms with E-state index in [-0.39, 0.29) is 5.91 Å². The zero-order chi connectivity index (χ0) is 14.8. The number of piperidine rings is 1. The zero-order valence-electron chi connectivity index (χ0n) is 12.9. The van der Waals surface area contributed by atoms with E-state index in [2.05, 4.69) is 26.8 Å². The third-order valence-electron chi connectivity index (χ3n) is 3.69. The van der Waals surface area contributed by atoms with E-state index in [1.807, 2.05) is 18.8 Å². The Morgan fingerprint density at radius 2 is 2.10 bits per heavy atom. The second kappa shape index (κ2) is 9.91.